The van der Waals surface area contributed by atoms with Crippen molar-refractivity contribution in [3.8, 4) is 0 Å². The first-order valence-electron chi connectivity index (χ1n) is 6.04. The van der Waals surface area contributed by atoms with Crippen molar-refractivity contribution in [1.82, 2.24) is 9.78 Å². The summed E-state index contributed by atoms with van der Waals surface area (Å²) in [6, 6.07) is 6.92. The second-order valence-corrected chi connectivity index (χ2v) is 4.17. The van der Waals surface area contributed by atoms with Gasteiger partial charge in [-0.2, -0.15) is 18.3 Å². The van der Waals surface area contributed by atoms with E-state index in [-0.39, 0.29) is 24.5 Å². The van der Waals surface area contributed by atoms with Crippen LogP contribution in [0.25, 0.3) is 0 Å². The Morgan fingerprint density at radius 2 is 1.95 bits per heavy atom. The van der Waals surface area contributed by atoms with Gasteiger partial charge in [-0.05, 0) is 25.1 Å². The Labute approximate surface area is 113 Å². The minimum atomic E-state index is -4.45. The molecule has 0 aliphatic heterocycles. The number of nitrogens with zero attached hydrogens (tertiary/aromatic N) is 2. The summed E-state index contributed by atoms with van der Waals surface area (Å²) in [7, 11) is 0. The highest BCUT2D eigenvalue weighted by atomic mass is 19.4. The van der Waals surface area contributed by atoms with E-state index in [9.17, 15) is 17.6 Å². The molecular formula is C13H13F4N3. The van der Waals surface area contributed by atoms with Crippen molar-refractivity contribution >= 4 is 5.69 Å². The van der Waals surface area contributed by atoms with Gasteiger partial charge in [-0.25, -0.2) is 4.39 Å². The zero-order valence-corrected chi connectivity index (χ0v) is 10.7. The number of nitrogens with one attached hydrogen (secondary N) is 1. The Morgan fingerprint density at radius 3 is 2.50 bits per heavy atom. The molecule has 0 atom stereocenters. The molecule has 1 heterocycles. The van der Waals surface area contributed by atoms with Gasteiger partial charge in [0.25, 0.3) is 0 Å². The van der Waals surface area contributed by atoms with Crippen LogP contribution < -0.4 is 5.32 Å². The topological polar surface area (TPSA) is 29.9 Å². The Bertz CT molecular complexity index is 590. The second kappa shape index (κ2) is 5.52. The van der Waals surface area contributed by atoms with Gasteiger partial charge in [0.1, 0.15) is 11.5 Å². The molecule has 0 saturated carbocycles. The predicted molar refractivity (Wildman–Crippen MR) is 66.6 cm³/mol. The average molecular weight is 287 g/mol. The molecule has 0 fully saturated rings. The molecular weight excluding hydrogens is 274 g/mol. The van der Waals surface area contributed by atoms with Gasteiger partial charge in [-0.1, -0.05) is 12.1 Å². The lowest BCUT2D eigenvalue weighted by Crippen LogP contribution is -2.13. The lowest BCUT2D eigenvalue weighted by atomic mass is 10.3. The summed E-state index contributed by atoms with van der Waals surface area (Å²) < 4.78 is 52.5. The molecule has 2 aromatic rings. The van der Waals surface area contributed by atoms with Gasteiger partial charge in [-0.3, -0.25) is 4.68 Å². The number of aromatic nitrogens is 2. The van der Waals surface area contributed by atoms with E-state index in [1.54, 1.807) is 13.0 Å². The van der Waals surface area contributed by atoms with E-state index in [0.717, 1.165) is 10.7 Å². The Hall–Kier alpha value is -2.05. The molecule has 0 radical (unpaired) electrons. The normalized spacial score (nSPS) is 11.7. The molecule has 0 amide bonds. The van der Waals surface area contributed by atoms with Crippen LogP contribution in [0.4, 0.5) is 23.2 Å². The molecule has 0 spiro atoms. The van der Waals surface area contributed by atoms with Gasteiger partial charge < -0.3 is 5.32 Å². The van der Waals surface area contributed by atoms with Crippen molar-refractivity contribution in [2.75, 3.05) is 5.32 Å². The maximum Gasteiger partial charge on any atom is 0.433 e. The molecule has 108 valence electrons. The van der Waals surface area contributed by atoms with E-state index in [1.807, 2.05) is 0 Å². The zero-order chi connectivity index (χ0) is 14.8. The average Bonchev–Trinajstić information content (AvgIpc) is 2.81. The number of hydrogen-bond donors (Lipinski definition) is 1. The van der Waals surface area contributed by atoms with Gasteiger partial charge >= 0.3 is 6.18 Å². The summed E-state index contributed by atoms with van der Waals surface area (Å²) in [5.41, 5.74) is -0.361. The van der Waals surface area contributed by atoms with Crippen LogP contribution >= 0.6 is 0 Å². The molecule has 2 rings (SSSR count). The molecule has 1 aromatic heterocycles. The van der Waals surface area contributed by atoms with Gasteiger partial charge in [-0.15, -0.1) is 0 Å². The third-order valence-corrected chi connectivity index (χ3v) is 2.75. The first-order chi connectivity index (χ1) is 9.41. The van der Waals surface area contributed by atoms with Crippen molar-refractivity contribution in [3.05, 3.63) is 47.5 Å². The number of rotatable bonds is 4. The minimum absolute atomic E-state index is 0.0248. The van der Waals surface area contributed by atoms with E-state index < -0.39 is 17.7 Å². The molecule has 0 aliphatic rings. The predicted octanol–water partition coefficient (Wildman–Crippen LogP) is 3.67. The number of aryl methyl sites for hydroxylation is 1. The molecule has 1 aromatic carbocycles. The summed E-state index contributed by atoms with van der Waals surface area (Å²) in [5.74, 6) is -0.460. The van der Waals surface area contributed by atoms with Gasteiger partial charge in [0.15, 0.2) is 0 Å². The number of halogens is 4. The lowest BCUT2D eigenvalue weighted by Gasteiger charge is -2.07. The number of benzene rings is 1. The van der Waals surface area contributed by atoms with Crippen LogP contribution in [0.1, 0.15) is 18.3 Å². The fourth-order valence-corrected chi connectivity index (χ4v) is 1.82. The number of alkyl halides is 3. The van der Waals surface area contributed by atoms with Crippen LogP contribution in [-0.2, 0) is 19.3 Å². The third-order valence-electron chi connectivity index (χ3n) is 2.75. The first kappa shape index (κ1) is 14.4. The third kappa shape index (κ3) is 3.09. The van der Waals surface area contributed by atoms with E-state index >= 15 is 0 Å². The monoisotopic (exact) mass is 287 g/mol. The largest absolute Gasteiger partial charge is 0.433 e. The Kier molecular flexibility index (Phi) is 3.96. The summed E-state index contributed by atoms with van der Waals surface area (Å²) in [4.78, 5) is 0. The van der Waals surface area contributed by atoms with E-state index in [4.69, 9.17) is 0 Å². The van der Waals surface area contributed by atoms with Crippen molar-refractivity contribution in [2.45, 2.75) is 26.2 Å². The van der Waals surface area contributed by atoms with E-state index in [0.29, 0.717) is 0 Å². The number of anilines is 1. The first-order valence-corrected chi connectivity index (χ1v) is 6.04. The quantitative estimate of drug-likeness (QED) is 0.869. The van der Waals surface area contributed by atoms with Gasteiger partial charge in [0.2, 0.25) is 0 Å². The van der Waals surface area contributed by atoms with Crippen LogP contribution in [-0.4, -0.2) is 9.78 Å². The van der Waals surface area contributed by atoms with Crippen LogP contribution in [0.2, 0.25) is 0 Å². The maximum atomic E-state index is 13.4. The highest BCUT2D eigenvalue weighted by Gasteiger charge is 2.35. The van der Waals surface area contributed by atoms with Gasteiger partial charge in [0.05, 0.1) is 17.9 Å². The van der Waals surface area contributed by atoms with Crippen molar-refractivity contribution in [3.63, 3.8) is 0 Å². The molecule has 3 nitrogen and oxygen atoms in total. The summed E-state index contributed by atoms with van der Waals surface area (Å²) in [6.45, 7) is 1.72. The molecule has 1 N–H and O–H groups in total. The van der Waals surface area contributed by atoms with E-state index in [2.05, 4.69) is 10.4 Å². The van der Waals surface area contributed by atoms with Gasteiger partial charge in [0, 0.05) is 6.54 Å². The second-order valence-electron chi connectivity index (χ2n) is 4.17. The fraction of sp³-hybridized carbons (Fsp3) is 0.308. The molecule has 0 bridgehead atoms. The van der Waals surface area contributed by atoms with Crippen molar-refractivity contribution < 1.29 is 17.6 Å². The molecule has 7 heteroatoms. The molecule has 0 unspecified atom stereocenters. The summed E-state index contributed by atoms with van der Waals surface area (Å²) in [5, 5.41) is 6.58. The minimum Gasteiger partial charge on any atom is -0.377 e. The molecule has 20 heavy (non-hydrogen) atoms. The number of para-hydroxylation sites is 1. The summed E-state index contributed by atoms with van der Waals surface area (Å²) >= 11 is 0. The van der Waals surface area contributed by atoms with Crippen LogP contribution in [0.15, 0.2) is 30.3 Å². The Balaban J connectivity index is 2.15. The van der Waals surface area contributed by atoms with Crippen LogP contribution in [0.5, 0.6) is 0 Å². The lowest BCUT2D eigenvalue weighted by molar-refractivity contribution is -0.144. The Morgan fingerprint density at radius 1 is 1.25 bits per heavy atom. The maximum absolute atomic E-state index is 13.4. The standard InChI is InChI=1S/C13H13F4N3/c1-2-20-12(13(15,16)17)7-9(19-20)8-18-11-6-4-3-5-10(11)14/h3-7,18H,2,8H2,1H3. The van der Waals surface area contributed by atoms with Crippen LogP contribution in [0, 0.1) is 5.82 Å². The highest BCUT2D eigenvalue weighted by Crippen LogP contribution is 2.30. The van der Waals surface area contributed by atoms with Crippen molar-refractivity contribution in [2.24, 2.45) is 0 Å². The smallest absolute Gasteiger partial charge is 0.377 e. The number of hydrogen-bond acceptors (Lipinski definition) is 2. The molecule has 0 saturated heterocycles. The summed E-state index contributed by atoms with van der Waals surface area (Å²) in [6.07, 6.45) is -4.45. The van der Waals surface area contributed by atoms with E-state index in [1.165, 1.54) is 18.2 Å². The fourth-order valence-electron chi connectivity index (χ4n) is 1.82. The van der Waals surface area contributed by atoms with Crippen LogP contribution in [0.3, 0.4) is 0 Å². The van der Waals surface area contributed by atoms with Crippen molar-refractivity contribution in [1.29, 1.82) is 0 Å². The SMILES string of the molecule is CCn1nc(CNc2ccccc2F)cc1C(F)(F)F. The zero-order valence-electron chi connectivity index (χ0n) is 10.7. The molecule has 0 aliphatic carbocycles. The highest BCUT2D eigenvalue weighted by molar-refractivity contribution is 5.44.